The van der Waals surface area contributed by atoms with Crippen LogP contribution in [0.1, 0.15) is 5.56 Å². The third-order valence-electron chi connectivity index (χ3n) is 5.04. The van der Waals surface area contributed by atoms with Crippen molar-refractivity contribution >= 4 is 61.1 Å². The molecule has 2 aromatic heterocycles. The van der Waals surface area contributed by atoms with Crippen molar-refractivity contribution in [1.82, 2.24) is 9.29 Å². The highest BCUT2D eigenvalue weighted by Crippen LogP contribution is 2.26. The number of nitrogens with zero attached hydrogens (tertiary/aromatic N) is 1. The summed E-state index contributed by atoms with van der Waals surface area (Å²) >= 11 is 6.59. The van der Waals surface area contributed by atoms with Gasteiger partial charge < -0.3 is 10.6 Å². The monoisotopic (exact) mass is 520 g/mol. The SMILES string of the molecule is CNc1cc2ccn(-c3ccc(NC(=O)NS(=O)(=O)c4ccc(Cl)s4)c(C)c3)c(=O)c2cc1F. The first kappa shape index (κ1) is 23.7. The third kappa shape index (κ3) is 4.63. The smallest absolute Gasteiger partial charge is 0.333 e. The van der Waals surface area contributed by atoms with Crippen LogP contribution in [-0.2, 0) is 10.0 Å². The number of amides is 2. The zero-order chi connectivity index (χ0) is 24.6. The second-order valence-corrected chi connectivity index (χ2v) is 10.9. The van der Waals surface area contributed by atoms with Gasteiger partial charge in [0.2, 0.25) is 0 Å². The number of fused-ring (bicyclic) bond motifs is 1. The van der Waals surface area contributed by atoms with Crippen LogP contribution in [0.2, 0.25) is 4.34 Å². The third-order valence-corrected chi connectivity index (χ3v) is 8.09. The molecule has 0 fully saturated rings. The molecule has 0 aliphatic carbocycles. The molecule has 3 N–H and O–H groups in total. The number of halogens is 2. The van der Waals surface area contributed by atoms with Gasteiger partial charge in [-0.1, -0.05) is 11.6 Å². The average Bonchev–Trinajstić information content (AvgIpc) is 3.22. The number of carbonyl (C=O) groups is 1. The Morgan fingerprint density at radius 3 is 2.50 bits per heavy atom. The van der Waals surface area contributed by atoms with Gasteiger partial charge in [0.1, 0.15) is 10.0 Å². The fraction of sp³-hybridized carbons (Fsp3) is 0.0909. The van der Waals surface area contributed by atoms with Crippen molar-refractivity contribution in [2.45, 2.75) is 11.1 Å². The van der Waals surface area contributed by atoms with Gasteiger partial charge in [-0.3, -0.25) is 9.36 Å². The first-order chi connectivity index (χ1) is 16.1. The lowest BCUT2D eigenvalue weighted by atomic mass is 10.1. The summed E-state index contributed by atoms with van der Waals surface area (Å²) in [5.41, 5.74) is 1.30. The highest BCUT2D eigenvalue weighted by Gasteiger charge is 2.20. The Hall–Kier alpha value is -3.41. The van der Waals surface area contributed by atoms with Crippen LogP contribution < -0.4 is 20.9 Å². The molecule has 0 unspecified atom stereocenters. The number of carbonyl (C=O) groups excluding carboxylic acids is 1. The quantitative estimate of drug-likeness (QED) is 0.353. The minimum absolute atomic E-state index is 0.0892. The second-order valence-electron chi connectivity index (χ2n) is 7.28. The zero-order valence-corrected chi connectivity index (χ0v) is 20.2. The van der Waals surface area contributed by atoms with Gasteiger partial charge in [0, 0.05) is 24.6 Å². The number of urea groups is 1. The molecule has 2 amide bonds. The maximum absolute atomic E-state index is 14.2. The predicted molar refractivity (Wildman–Crippen MR) is 132 cm³/mol. The fourth-order valence-electron chi connectivity index (χ4n) is 3.36. The van der Waals surface area contributed by atoms with E-state index in [2.05, 4.69) is 10.6 Å². The molecule has 0 aliphatic heterocycles. The van der Waals surface area contributed by atoms with Gasteiger partial charge in [-0.2, -0.15) is 0 Å². The van der Waals surface area contributed by atoms with E-state index in [-0.39, 0.29) is 13.9 Å². The number of anilines is 2. The largest absolute Gasteiger partial charge is 0.386 e. The average molecular weight is 521 g/mol. The molecule has 0 atom stereocenters. The first-order valence-corrected chi connectivity index (χ1v) is 12.5. The molecular formula is C22H18ClFN4O4S2. The Balaban J connectivity index is 1.59. The van der Waals surface area contributed by atoms with Crippen LogP contribution in [0.5, 0.6) is 0 Å². The molecule has 4 aromatic rings. The summed E-state index contributed by atoms with van der Waals surface area (Å²) in [5.74, 6) is -0.536. The molecule has 34 heavy (non-hydrogen) atoms. The van der Waals surface area contributed by atoms with Crippen LogP contribution in [0.4, 0.5) is 20.6 Å². The highest BCUT2D eigenvalue weighted by molar-refractivity contribution is 7.92. The number of hydrogen-bond acceptors (Lipinski definition) is 6. The molecule has 176 valence electrons. The standard InChI is InChI=1S/C22H18ClFN4O4S2/c1-12-9-14(28-8-7-13-10-18(25-2)16(24)11-15(13)21(28)29)3-4-17(12)26-22(30)27-34(31,32)20-6-5-19(23)33-20/h3-11,25H,1-2H3,(H2,26,27,30). The Labute approximate surface area is 203 Å². The summed E-state index contributed by atoms with van der Waals surface area (Å²) < 4.78 is 42.3. The summed E-state index contributed by atoms with van der Waals surface area (Å²) in [4.78, 5) is 25.2. The van der Waals surface area contributed by atoms with Crippen molar-refractivity contribution in [3.8, 4) is 5.69 Å². The van der Waals surface area contributed by atoms with Crippen LogP contribution >= 0.6 is 22.9 Å². The van der Waals surface area contributed by atoms with Crippen LogP contribution in [0.3, 0.4) is 0 Å². The first-order valence-electron chi connectivity index (χ1n) is 9.82. The van der Waals surface area contributed by atoms with E-state index in [1.54, 1.807) is 50.5 Å². The summed E-state index contributed by atoms with van der Waals surface area (Å²) in [7, 11) is -2.47. The Kier molecular flexibility index (Phi) is 6.34. The summed E-state index contributed by atoms with van der Waals surface area (Å²) in [5, 5.41) is 6.03. The van der Waals surface area contributed by atoms with Gasteiger partial charge in [-0.05, 0) is 66.4 Å². The van der Waals surface area contributed by atoms with Crippen molar-refractivity contribution in [2.24, 2.45) is 0 Å². The molecule has 0 aliphatic rings. The minimum atomic E-state index is -4.07. The highest BCUT2D eigenvalue weighted by atomic mass is 35.5. The van der Waals surface area contributed by atoms with E-state index in [1.807, 2.05) is 4.72 Å². The van der Waals surface area contributed by atoms with E-state index in [4.69, 9.17) is 11.6 Å². The predicted octanol–water partition coefficient (Wildman–Crippen LogP) is 4.71. The lowest BCUT2D eigenvalue weighted by Gasteiger charge is -2.13. The number of aromatic nitrogens is 1. The van der Waals surface area contributed by atoms with Crippen molar-refractivity contribution < 1.29 is 17.6 Å². The van der Waals surface area contributed by atoms with E-state index in [0.717, 1.165) is 11.3 Å². The number of sulfonamides is 1. The van der Waals surface area contributed by atoms with Gasteiger partial charge in [0.15, 0.2) is 0 Å². The number of rotatable bonds is 5. The Morgan fingerprint density at radius 1 is 1.09 bits per heavy atom. The maximum Gasteiger partial charge on any atom is 0.333 e. The van der Waals surface area contributed by atoms with Crippen molar-refractivity contribution in [1.29, 1.82) is 0 Å². The number of benzene rings is 2. The van der Waals surface area contributed by atoms with Crippen molar-refractivity contribution in [2.75, 3.05) is 17.7 Å². The number of hydrogen-bond donors (Lipinski definition) is 3. The Morgan fingerprint density at radius 2 is 1.85 bits per heavy atom. The van der Waals surface area contributed by atoms with Gasteiger partial charge in [-0.25, -0.2) is 22.3 Å². The van der Waals surface area contributed by atoms with Crippen LogP contribution in [0.15, 0.2) is 63.7 Å². The number of thiophene rings is 1. The van der Waals surface area contributed by atoms with E-state index >= 15 is 0 Å². The minimum Gasteiger partial charge on any atom is -0.386 e. The molecule has 0 spiro atoms. The molecule has 0 saturated heterocycles. The summed E-state index contributed by atoms with van der Waals surface area (Å²) in [6.45, 7) is 1.69. The molecular weight excluding hydrogens is 503 g/mol. The normalized spacial score (nSPS) is 11.4. The molecule has 0 bridgehead atoms. The Bertz CT molecular complexity index is 1600. The van der Waals surface area contributed by atoms with Gasteiger partial charge in [0.05, 0.1) is 15.4 Å². The molecule has 4 rings (SSSR count). The summed E-state index contributed by atoms with van der Waals surface area (Å²) in [6, 6.07) is 11.0. The van der Waals surface area contributed by atoms with Crippen LogP contribution in [0, 0.1) is 12.7 Å². The maximum atomic E-state index is 14.2. The van der Waals surface area contributed by atoms with Crippen molar-refractivity contribution in [3.05, 3.63) is 80.8 Å². The molecule has 12 heteroatoms. The zero-order valence-electron chi connectivity index (χ0n) is 17.8. The molecule has 2 aromatic carbocycles. The number of aryl methyl sites for hydroxylation is 1. The molecule has 2 heterocycles. The molecule has 0 saturated carbocycles. The molecule has 8 nitrogen and oxygen atoms in total. The van der Waals surface area contributed by atoms with Crippen LogP contribution in [-0.4, -0.2) is 26.1 Å². The van der Waals surface area contributed by atoms with Crippen LogP contribution in [0.25, 0.3) is 16.5 Å². The van der Waals surface area contributed by atoms with E-state index < -0.39 is 27.4 Å². The van der Waals surface area contributed by atoms with Gasteiger partial charge in [0.25, 0.3) is 15.6 Å². The van der Waals surface area contributed by atoms with E-state index in [1.165, 1.54) is 22.8 Å². The second kappa shape index (κ2) is 9.09. The van der Waals surface area contributed by atoms with Gasteiger partial charge in [-0.15, -0.1) is 11.3 Å². The summed E-state index contributed by atoms with van der Waals surface area (Å²) in [6.07, 6.45) is 1.58. The topological polar surface area (TPSA) is 109 Å². The fourth-order valence-corrected chi connectivity index (χ4v) is 5.75. The number of pyridine rings is 1. The van der Waals surface area contributed by atoms with E-state index in [0.29, 0.717) is 28.0 Å². The lowest BCUT2D eigenvalue weighted by Crippen LogP contribution is -2.34. The molecule has 0 radical (unpaired) electrons. The number of nitrogens with one attached hydrogen (secondary N) is 3. The van der Waals surface area contributed by atoms with Gasteiger partial charge >= 0.3 is 6.03 Å². The lowest BCUT2D eigenvalue weighted by molar-refractivity contribution is 0.256. The van der Waals surface area contributed by atoms with E-state index in [9.17, 15) is 22.4 Å². The van der Waals surface area contributed by atoms with Crippen molar-refractivity contribution in [3.63, 3.8) is 0 Å².